The van der Waals surface area contributed by atoms with E-state index in [1.54, 1.807) is 7.11 Å². The molecule has 0 spiro atoms. The molecule has 0 radical (unpaired) electrons. The third-order valence-electron chi connectivity index (χ3n) is 5.39. The largest absolute Gasteiger partial charge is 0.495 e. The van der Waals surface area contributed by atoms with Crippen LogP contribution in [-0.4, -0.2) is 62.6 Å². The Balaban J connectivity index is 1.49. The Hall–Kier alpha value is -2.24. The van der Waals surface area contributed by atoms with Gasteiger partial charge in [0.25, 0.3) is 0 Å². The molecule has 1 heterocycles. The molecule has 0 aromatic heterocycles. The minimum absolute atomic E-state index is 0.0103. The van der Waals surface area contributed by atoms with E-state index in [1.807, 2.05) is 36.4 Å². The van der Waals surface area contributed by atoms with Crippen molar-refractivity contribution in [2.45, 2.75) is 32.3 Å². The van der Waals surface area contributed by atoms with E-state index in [1.165, 1.54) is 0 Å². The number of rotatable bonds is 7. The Morgan fingerprint density at radius 1 is 0.931 bits per heavy atom. The fourth-order valence-corrected chi connectivity index (χ4v) is 3.81. The Morgan fingerprint density at radius 2 is 1.55 bits per heavy atom. The summed E-state index contributed by atoms with van der Waals surface area (Å²) in [5.41, 5.74) is 2.31. The smallest absolute Gasteiger partial charge is 0.142 e. The van der Waals surface area contributed by atoms with Gasteiger partial charge in [0.15, 0.2) is 0 Å². The summed E-state index contributed by atoms with van der Waals surface area (Å²) in [5, 5.41) is 10.5. The highest BCUT2D eigenvalue weighted by molar-refractivity contribution is 5.58. The molecule has 0 saturated carbocycles. The van der Waals surface area contributed by atoms with Gasteiger partial charge in [0, 0.05) is 32.7 Å². The number of aliphatic hydroxyl groups excluding tert-OH is 1. The molecule has 0 unspecified atom stereocenters. The average Bonchev–Trinajstić information content (AvgIpc) is 2.72. The summed E-state index contributed by atoms with van der Waals surface area (Å²) < 4.78 is 11.5. The predicted molar refractivity (Wildman–Crippen MR) is 118 cm³/mol. The van der Waals surface area contributed by atoms with E-state index in [-0.39, 0.29) is 5.41 Å². The Bertz CT molecular complexity index is 780. The van der Waals surface area contributed by atoms with Gasteiger partial charge in [-0.3, -0.25) is 4.90 Å². The Morgan fingerprint density at radius 3 is 2.21 bits per heavy atom. The number of β-amino-alcohol motifs (C(OH)–C–C–N with tert-alkyl or cyclic N) is 1. The molecule has 1 aliphatic rings. The number of hydrogen-bond acceptors (Lipinski definition) is 5. The van der Waals surface area contributed by atoms with Crippen molar-refractivity contribution in [2.75, 3.05) is 51.3 Å². The van der Waals surface area contributed by atoms with Crippen LogP contribution in [0.2, 0.25) is 0 Å². The van der Waals surface area contributed by atoms with Gasteiger partial charge in [0.2, 0.25) is 0 Å². The maximum Gasteiger partial charge on any atom is 0.142 e. The van der Waals surface area contributed by atoms with Crippen LogP contribution in [0.5, 0.6) is 11.5 Å². The number of methoxy groups -OCH3 is 1. The first kappa shape index (κ1) is 21.5. The quantitative estimate of drug-likeness (QED) is 0.773. The van der Waals surface area contributed by atoms with Gasteiger partial charge >= 0.3 is 0 Å². The maximum atomic E-state index is 10.5. The van der Waals surface area contributed by atoms with Gasteiger partial charge < -0.3 is 19.5 Å². The molecule has 3 rings (SSSR count). The first-order valence-electron chi connectivity index (χ1n) is 10.4. The van der Waals surface area contributed by atoms with E-state index < -0.39 is 6.10 Å². The number of anilines is 1. The number of hydrogen-bond donors (Lipinski definition) is 1. The summed E-state index contributed by atoms with van der Waals surface area (Å²) in [4.78, 5) is 4.65. The van der Waals surface area contributed by atoms with Crippen molar-refractivity contribution in [3.05, 3.63) is 54.1 Å². The Kier molecular flexibility index (Phi) is 7.04. The number of para-hydroxylation sites is 3. The lowest BCUT2D eigenvalue weighted by molar-refractivity contribution is 0.0656. The Labute approximate surface area is 174 Å². The van der Waals surface area contributed by atoms with E-state index in [0.717, 1.165) is 48.9 Å². The monoisotopic (exact) mass is 398 g/mol. The number of piperazine rings is 1. The predicted octanol–water partition coefficient (Wildman–Crippen LogP) is 3.55. The lowest BCUT2D eigenvalue weighted by Crippen LogP contribution is -2.49. The maximum absolute atomic E-state index is 10.5. The zero-order chi connectivity index (χ0) is 20.9. The second-order valence-corrected chi connectivity index (χ2v) is 8.67. The normalized spacial score (nSPS) is 16.5. The highest BCUT2D eigenvalue weighted by atomic mass is 16.5. The third kappa shape index (κ3) is 5.64. The van der Waals surface area contributed by atoms with Crippen LogP contribution in [0.3, 0.4) is 0 Å². The van der Waals surface area contributed by atoms with Gasteiger partial charge in [-0.2, -0.15) is 0 Å². The van der Waals surface area contributed by atoms with Crippen molar-refractivity contribution >= 4 is 5.69 Å². The zero-order valence-corrected chi connectivity index (χ0v) is 18.1. The third-order valence-corrected chi connectivity index (χ3v) is 5.39. The first-order chi connectivity index (χ1) is 13.9. The standard InChI is InChI=1S/C24H34N2O3/c1-24(2,3)20-9-5-7-11-22(20)29-18-19(27)17-25-13-15-26(16-14-25)21-10-6-8-12-23(21)28-4/h5-12,19,27H,13-18H2,1-4H3/t19-/m0/s1. The van der Waals surface area contributed by atoms with E-state index in [0.29, 0.717) is 13.2 Å². The fraction of sp³-hybridized carbons (Fsp3) is 0.500. The molecule has 1 aliphatic heterocycles. The van der Waals surface area contributed by atoms with Gasteiger partial charge in [-0.25, -0.2) is 0 Å². The molecule has 2 aromatic carbocycles. The molecule has 29 heavy (non-hydrogen) atoms. The van der Waals surface area contributed by atoms with Crippen molar-refractivity contribution in [2.24, 2.45) is 0 Å². The van der Waals surface area contributed by atoms with Crippen LogP contribution in [0.15, 0.2) is 48.5 Å². The summed E-state index contributed by atoms with van der Waals surface area (Å²) in [5.74, 6) is 1.77. The molecular weight excluding hydrogens is 364 g/mol. The summed E-state index contributed by atoms with van der Waals surface area (Å²) in [6.07, 6.45) is -0.513. The van der Waals surface area contributed by atoms with Crippen LogP contribution < -0.4 is 14.4 Å². The van der Waals surface area contributed by atoms with Crippen LogP contribution in [0, 0.1) is 0 Å². The van der Waals surface area contributed by atoms with E-state index in [4.69, 9.17) is 9.47 Å². The van der Waals surface area contributed by atoms with Crippen LogP contribution in [0.4, 0.5) is 5.69 Å². The minimum atomic E-state index is -0.513. The number of aliphatic hydroxyl groups is 1. The van der Waals surface area contributed by atoms with Crippen molar-refractivity contribution < 1.29 is 14.6 Å². The van der Waals surface area contributed by atoms with Crippen LogP contribution in [0.1, 0.15) is 26.3 Å². The molecule has 1 N–H and O–H groups in total. The summed E-state index contributed by atoms with van der Waals surface area (Å²) in [6, 6.07) is 16.2. The number of nitrogens with zero attached hydrogens (tertiary/aromatic N) is 2. The molecule has 1 saturated heterocycles. The van der Waals surface area contributed by atoms with Gasteiger partial charge in [-0.1, -0.05) is 51.1 Å². The van der Waals surface area contributed by atoms with Crippen molar-refractivity contribution in [3.8, 4) is 11.5 Å². The second kappa shape index (κ2) is 9.51. The van der Waals surface area contributed by atoms with Crippen LogP contribution >= 0.6 is 0 Å². The van der Waals surface area contributed by atoms with Crippen LogP contribution in [0.25, 0.3) is 0 Å². The van der Waals surface area contributed by atoms with Gasteiger partial charge in [0.1, 0.15) is 24.2 Å². The molecule has 158 valence electrons. The SMILES string of the molecule is COc1ccccc1N1CCN(C[C@H](O)COc2ccccc2C(C)(C)C)CC1. The molecule has 0 bridgehead atoms. The molecule has 1 atom stereocenters. The highest BCUT2D eigenvalue weighted by Gasteiger charge is 2.22. The molecule has 1 fully saturated rings. The topological polar surface area (TPSA) is 45.2 Å². The number of benzene rings is 2. The van der Waals surface area contributed by atoms with E-state index in [9.17, 15) is 5.11 Å². The average molecular weight is 399 g/mol. The lowest BCUT2D eigenvalue weighted by atomic mass is 9.86. The van der Waals surface area contributed by atoms with E-state index in [2.05, 4.69) is 42.7 Å². The molecule has 0 aliphatic carbocycles. The number of ether oxygens (including phenoxy) is 2. The summed E-state index contributed by atoms with van der Waals surface area (Å²) >= 11 is 0. The molecular formula is C24H34N2O3. The highest BCUT2D eigenvalue weighted by Crippen LogP contribution is 2.31. The van der Waals surface area contributed by atoms with Crippen LogP contribution in [-0.2, 0) is 5.41 Å². The van der Waals surface area contributed by atoms with Gasteiger partial charge in [-0.15, -0.1) is 0 Å². The zero-order valence-electron chi connectivity index (χ0n) is 18.1. The minimum Gasteiger partial charge on any atom is -0.495 e. The summed E-state index contributed by atoms with van der Waals surface area (Å²) in [7, 11) is 1.71. The van der Waals surface area contributed by atoms with Gasteiger partial charge in [-0.05, 0) is 29.2 Å². The first-order valence-corrected chi connectivity index (χ1v) is 10.4. The molecule has 0 amide bonds. The van der Waals surface area contributed by atoms with Crippen molar-refractivity contribution in [1.82, 2.24) is 4.90 Å². The summed E-state index contributed by atoms with van der Waals surface area (Å²) in [6.45, 7) is 11.1. The fourth-order valence-electron chi connectivity index (χ4n) is 3.81. The lowest BCUT2D eigenvalue weighted by Gasteiger charge is -2.37. The second-order valence-electron chi connectivity index (χ2n) is 8.67. The van der Waals surface area contributed by atoms with E-state index >= 15 is 0 Å². The molecule has 5 nitrogen and oxygen atoms in total. The van der Waals surface area contributed by atoms with Crippen molar-refractivity contribution in [1.29, 1.82) is 0 Å². The molecule has 5 heteroatoms. The van der Waals surface area contributed by atoms with Gasteiger partial charge in [0.05, 0.1) is 12.8 Å². The van der Waals surface area contributed by atoms with Crippen molar-refractivity contribution in [3.63, 3.8) is 0 Å². The molecule has 2 aromatic rings.